The summed E-state index contributed by atoms with van der Waals surface area (Å²) < 4.78 is 0.228. The SMILES string of the molecule is CC(C)[C@]1(Br)[C@@H](C[C@@H](C)[C@H]2CC[C@H]3[C@@H]4CC=C5C[C@@H](O)CC[C@]5(C)[C@H]4CC[C@]23C)C1(Br)Br. The van der Waals surface area contributed by atoms with E-state index in [4.69, 9.17) is 0 Å². The van der Waals surface area contributed by atoms with Crippen molar-refractivity contribution in [1.82, 2.24) is 0 Å². The van der Waals surface area contributed by atoms with E-state index in [2.05, 4.69) is 88.5 Å². The van der Waals surface area contributed by atoms with Crippen LogP contribution in [0.4, 0.5) is 0 Å². The van der Waals surface area contributed by atoms with E-state index in [1.54, 1.807) is 5.57 Å². The van der Waals surface area contributed by atoms with Crippen LogP contribution in [0.5, 0.6) is 0 Å². The Kier molecular flexibility index (Phi) is 6.26. The zero-order valence-corrected chi connectivity index (χ0v) is 25.4. The summed E-state index contributed by atoms with van der Waals surface area (Å²) in [5.74, 6) is 5.50. The number of aliphatic hydroxyl groups is 1. The number of rotatable bonds is 4. The Balaban J connectivity index is 1.33. The Morgan fingerprint density at radius 2 is 1.72 bits per heavy atom. The van der Waals surface area contributed by atoms with E-state index in [1.165, 1.54) is 44.9 Å². The molecule has 1 N–H and O–H groups in total. The van der Waals surface area contributed by atoms with Gasteiger partial charge in [0.05, 0.1) is 10.4 Å². The fourth-order valence-corrected chi connectivity index (χ4v) is 13.4. The van der Waals surface area contributed by atoms with Crippen molar-refractivity contribution in [1.29, 1.82) is 0 Å². The predicted octanol–water partition coefficient (Wildman–Crippen LogP) is 8.86. The molecule has 0 radical (unpaired) electrons. The van der Waals surface area contributed by atoms with Crippen molar-refractivity contribution in [2.45, 2.75) is 106 Å². The molecule has 0 spiro atoms. The van der Waals surface area contributed by atoms with Crippen LogP contribution >= 0.6 is 47.8 Å². The van der Waals surface area contributed by atoms with Crippen LogP contribution in [0.1, 0.15) is 92.4 Å². The highest BCUT2D eigenvalue weighted by atomic mass is 79.9. The van der Waals surface area contributed by atoms with E-state index in [0.717, 1.165) is 42.4 Å². The minimum Gasteiger partial charge on any atom is -0.393 e. The van der Waals surface area contributed by atoms with E-state index in [-0.39, 0.29) is 13.7 Å². The molecule has 0 bridgehead atoms. The van der Waals surface area contributed by atoms with Crippen LogP contribution in [-0.4, -0.2) is 18.8 Å². The Labute approximate surface area is 221 Å². The van der Waals surface area contributed by atoms with Crippen LogP contribution in [0.25, 0.3) is 0 Å². The lowest BCUT2D eigenvalue weighted by atomic mass is 9.47. The first kappa shape index (κ1) is 24.8. The molecule has 4 saturated carbocycles. The van der Waals surface area contributed by atoms with Crippen molar-refractivity contribution < 1.29 is 5.11 Å². The molecule has 0 aromatic rings. The molecule has 0 aromatic heterocycles. The molecular weight excluding hydrogens is 592 g/mol. The molecule has 4 heteroatoms. The van der Waals surface area contributed by atoms with Crippen LogP contribution in [0.3, 0.4) is 0 Å². The maximum absolute atomic E-state index is 10.3. The number of alkyl halides is 3. The van der Waals surface area contributed by atoms with Gasteiger partial charge in [0.1, 0.15) is 3.23 Å². The summed E-state index contributed by atoms with van der Waals surface area (Å²) >= 11 is 12.2. The maximum atomic E-state index is 10.3. The lowest BCUT2D eigenvalue weighted by Gasteiger charge is -2.58. The Bertz CT molecular complexity index is 792. The zero-order valence-electron chi connectivity index (χ0n) is 20.6. The normalized spacial score (nSPS) is 52.6. The lowest BCUT2D eigenvalue weighted by molar-refractivity contribution is -0.0575. The standard InChI is InChI=1S/C28H43Br3O/c1-16(2)27(29)24(28(27,30)31)14-17(3)21-8-9-22-20-7-6-18-15-19(32)10-12-25(18,4)23(20)11-13-26(21,22)5/h6,16-17,19-24,32H,7-15H2,1-5H3/t17-,19+,20+,21-,22+,23+,24-,25+,26-,27+/m1/s1. The maximum Gasteiger partial charge on any atom is 0.101 e. The summed E-state index contributed by atoms with van der Waals surface area (Å²) in [5, 5.41) is 10.3. The average molecular weight is 635 g/mol. The number of halogens is 3. The van der Waals surface area contributed by atoms with Crippen LogP contribution in [0, 0.1) is 52.3 Å². The molecule has 5 aliphatic carbocycles. The van der Waals surface area contributed by atoms with Gasteiger partial charge in [0, 0.05) is 5.92 Å². The third kappa shape index (κ3) is 3.33. The van der Waals surface area contributed by atoms with Crippen LogP contribution < -0.4 is 0 Å². The molecule has 5 rings (SSSR count). The molecule has 1 nitrogen and oxygen atoms in total. The monoisotopic (exact) mass is 632 g/mol. The number of fused-ring (bicyclic) bond motifs is 5. The quantitative estimate of drug-likeness (QED) is 0.242. The predicted molar refractivity (Wildman–Crippen MR) is 146 cm³/mol. The first-order chi connectivity index (χ1) is 14.9. The van der Waals surface area contributed by atoms with Gasteiger partial charge in [-0.3, -0.25) is 0 Å². The third-order valence-electron chi connectivity index (χ3n) is 11.7. The molecule has 10 atom stereocenters. The number of aliphatic hydroxyl groups excluding tert-OH is 1. The van der Waals surface area contributed by atoms with E-state index in [0.29, 0.717) is 22.7 Å². The molecule has 0 saturated heterocycles. The zero-order chi connectivity index (χ0) is 23.3. The van der Waals surface area contributed by atoms with E-state index >= 15 is 0 Å². The van der Waals surface area contributed by atoms with E-state index < -0.39 is 0 Å². The molecule has 0 unspecified atom stereocenters. The van der Waals surface area contributed by atoms with Crippen LogP contribution in [0.15, 0.2) is 11.6 Å². The molecule has 4 fully saturated rings. The average Bonchev–Trinajstić information content (AvgIpc) is 2.99. The number of hydrogen-bond acceptors (Lipinski definition) is 1. The van der Waals surface area contributed by atoms with Crippen molar-refractivity contribution in [3.63, 3.8) is 0 Å². The summed E-state index contributed by atoms with van der Waals surface area (Å²) in [5.41, 5.74) is 2.48. The molecular formula is C28H43Br3O. The largest absolute Gasteiger partial charge is 0.393 e. The molecule has 182 valence electrons. The number of allylic oxidation sites excluding steroid dienone is 1. The Hall–Kier alpha value is 1.14. The van der Waals surface area contributed by atoms with Gasteiger partial charge in [0.15, 0.2) is 0 Å². The molecule has 0 aromatic carbocycles. The van der Waals surface area contributed by atoms with Gasteiger partial charge in [-0.25, -0.2) is 0 Å². The lowest BCUT2D eigenvalue weighted by Crippen LogP contribution is -2.50. The Morgan fingerprint density at radius 1 is 1.00 bits per heavy atom. The molecule has 32 heavy (non-hydrogen) atoms. The molecule has 5 aliphatic rings. The first-order valence-corrected chi connectivity index (χ1v) is 15.7. The summed E-state index contributed by atoms with van der Waals surface area (Å²) in [6.45, 7) is 12.5. The van der Waals surface area contributed by atoms with Crippen LogP contribution in [0.2, 0.25) is 0 Å². The smallest absolute Gasteiger partial charge is 0.101 e. The van der Waals surface area contributed by atoms with Gasteiger partial charge >= 0.3 is 0 Å². The van der Waals surface area contributed by atoms with Crippen molar-refractivity contribution in [3.05, 3.63) is 11.6 Å². The van der Waals surface area contributed by atoms with Crippen molar-refractivity contribution in [3.8, 4) is 0 Å². The fourth-order valence-electron chi connectivity index (χ4n) is 9.72. The summed E-state index contributed by atoms with van der Waals surface area (Å²) in [7, 11) is 0. The van der Waals surface area contributed by atoms with Gasteiger partial charge in [-0.2, -0.15) is 0 Å². The second kappa shape index (κ2) is 8.07. The highest BCUT2D eigenvalue weighted by Gasteiger charge is 2.74. The summed E-state index contributed by atoms with van der Waals surface area (Å²) in [6.07, 6.45) is 13.9. The van der Waals surface area contributed by atoms with Gasteiger partial charge in [-0.15, -0.1) is 0 Å². The molecule has 0 heterocycles. The summed E-state index contributed by atoms with van der Waals surface area (Å²) in [4.78, 5) is 0. The van der Waals surface area contributed by atoms with Gasteiger partial charge in [-0.1, -0.05) is 94.1 Å². The topological polar surface area (TPSA) is 20.2 Å². The highest BCUT2D eigenvalue weighted by molar-refractivity contribution is 9.26. The second-order valence-corrected chi connectivity index (χ2v) is 18.1. The van der Waals surface area contributed by atoms with Crippen molar-refractivity contribution >= 4 is 47.8 Å². The van der Waals surface area contributed by atoms with Gasteiger partial charge < -0.3 is 5.11 Å². The number of hydrogen-bond donors (Lipinski definition) is 1. The van der Waals surface area contributed by atoms with Gasteiger partial charge in [-0.05, 0) is 104 Å². The highest BCUT2D eigenvalue weighted by Crippen LogP contribution is 2.75. The summed E-state index contributed by atoms with van der Waals surface area (Å²) in [6, 6.07) is 0. The minimum atomic E-state index is -0.0951. The van der Waals surface area contributed by atoms with Gasteiger partial charge in [0.2, 0.25) is 0 Å². The van der Waals surface area contributed by atoms with E-state index in [9.17, 15) is 5.11 Å². The first-order valence-electron chi connectivity index (χ1n) is 13.3. The minimum absolute atomic E-state index is 0.0523. The van der Waals surface area contributed by atoms with E-state index in [1.807, 2.05) is 0 Å². The van der Waals surface area contributed by atoms with Gasteiger partial charge in [0.25, 0.3) is 0 Å². The Morgan fingerprint density at radius 3 is 2.38 bits per heavy atom. The third-order valence-corrected chi connectivity index (χ3v) is 17.2. The fraction of sp³-hybridized carbons (Fsp3) is 0.929. The van der Waals surface area contributed by atoms with Crippen LogP contribution in [-0.2, 0) is 0 Å². The second-order valence-electron chi connectivity index (χ2n) is 13.2. The molecule has 0 aliphatic heterocycles. The molecule has 0 amide bonds. The van der Waals surface area contributed by atoms with Crippen molar-refractivity contribution in [2.75, 3.05) is 0 Å². The van der Waals surface area contributed by atoms with Crippen molar-refractivity contribution in [2.24, 2.45) is 52.3 Å².